The molecular formula is C74H80N18O. The van der Waals surface area contributed by atoms with E-state index in [1.54, 1.807) is 10.9 Å². The highest BCUT2D eigenvalue weighted by Gasteiger charge is 2.33. The second kappa shape index (κ2) is 24.5. The van der Waals surface area contributed by atoms with Gasteiger partial charge >= 0.3 is 0 Å². The predicted molar refractivity (Wildman–Crippen MR) is 363 cm³/mol. The fourth-order valence-electron chi connectivity index (χ4n) is 14.5. The van der Waals surface area contributed by atoms with E-state index < -0.39 is 0 Å². The van der Waals surface area contributed by atoms with Gasteiger partial charge in [-0.3, -0.25) is 19.7 Å². The summed E-state index contributed by atoms with van der Waals surface area (Å²) in [4.78, 5) is 52.8. The summed E-state index contributed by atoms with van der Waals surface area (Å²) in [6, 6.07) is 39.1. The molecule has 472 valence electrons. The Morgan fingerprint density at radius 3 is 1.69 bits per heavy atom. The molecule has 1 amide bonds. The van der Waals surface area contributed by atoms with Crippen LogP contribution >= 0.6 is 0 Å². The third kappa shape index (κ3) is 11.3. The van der Waals surface area contributed by atoms with Gasteiger partial charge in [0.05, 0.1) is 106 Å². The van der Waals surface area contributed by atoms with Crippen LogP contribution in [0.1, 0.15) is 152 Å². The number of carbonyl (C=O) groups is 1. The summed E-state index contributed by atoms with van der Waals surface area (Å²) in [5, 5.41) is 16.0. The highest BCUT2D eigenvalue weighted by Crippen LogP contribution is 2.40. The van der Waals surface area contributed by atoms with E-state index in [2.05, 4.69) is 196 Å². The van der Waals surface area contributed by atoms with Crippen molar-refractivity contribution in [1.82, 2.24) is 73.7 Å². The maximum Gasteiger partial charge on any atom is 0.227 e. The van der Waals surface area contributed by atoms with Crippen LogP contribution in [0, 0.1) is 13.8 Å². The van der Waals surface area contributed by atoms with E-state index in [1.165, 1.54) is 11.4 Å². The van der Waals surface area contributed by atoms with Crippen LogP contribution in [0.15, 0.2) is 140 Å². The number of hydrogen-bond donors (Lipinski definition) is 1. The lowest BCUT2D eigenvalue weighted by atomic mass is 9.91. The molecule has 0 radical (unpaired) electrons. The van der Waals surface area contributed by atoms with Crippen molar-refractivity contribution in [3.63, 3.8) is 0 Å². The van der Waals surface area contributed by atoms with E-state index in [9.17, 15) is 4.79 Å². The molecule has 1 saturated heterocycles. The molecule has 0 spiro atoms. The number of piperidine rings is 1. The Balaban J connectivity index is 0.776. The molecular weight excluding hydrogens is 1160 g/mol. The fourth-order valence-corrected chi connectivity index (χ4v) is 14.5. The van der Waals surface area contributed by atoms with E-state index in [1.807, 2.05) is 42.3 Å². The molecule has 3 aromatic carbocycles. The monoisotopic (exact) mass is 1240 g/mol. The maximum absolute atomic E-state index is 12.9. The van der Waals surface area contributed by atoms with E-state index in [4.69, 9.17) is 35.0 Å². The number of anilines is 3. The molecule has 4 aliphatic heterocycles. The topological polar surface area (TPSA) is 179 Å². The lowest BCUT2D eigenvalue weighted by Crippen LogP contribution is -2.35. The molecule has 19 heteroatoms. The third-order valence-corrected chi connectivity index (χ3v) is 19.3. The zero-order valence-electron chi connectivity index (χ0n) is 54.5. The van der Waals surface area contributed by atoms with Crippen LogP contribution in [0.25, 0.3) is 45.1 Å². The molecule has 0 aliphatic carbocycles. The van der Waals surface area contributed by atoms with Crippen LogP contribution in [-0.2, 0) is 56.9 Å². The lowest BCUT2D eigenvalue weighted by Gasteiger charge is -2.32. The molecule has 1 fully saturated rings. The number of aromatic nitrogens is 14. The molecule has 4 aliphatic rings. The molecule has 8 aromatic heterocycles. The minimum absolute atomic E-state index is 0.104. The van der Waals surface area contributed by atoms with Gasteiger partial charge in [0.2, 0.25) is 5.91 Å². The maximum atomic E-state index is 12.9. The number of fused-ring (bicyclic) bond motifs is 3. The van der Waals surface area contributed by atoms with Gasteiger partial charge in [0, 0.05) is 117 Å². The molecule has 11 aromatic rings. The number of aryl methyl sites for hydroxylation is 2. The highest BCUT2D eigenvalue weighted by atomic mass is 16.2. The average molecular weight is 1240 g/mol. The van der Waals surface area contributed by atoms with Crippen molar-refractivity contribution in [2.24, 2.45) is 0 Å². The number of amides is 1. The average Bonchev–Trinajstić information content (AvgIpc) is 1.65. The first kappa shape index (κ1) is 59.3. The van der Waals surface area contributed by atoms with Crippen LogP contribution in [0.2, 0.25) is 0 Å². The van der Waals surface area contributed by atoms with Crippen LogP contribution in [0.3, 0.4) is 0 Å². The van der Waals surface area contributed by atoms with Gasteiger partial charge in [-0.2, -0.15) is 5.10 Å². The summed E-state index contributed by atoms with van der Waals surface area (Å²) in [7, 11) is 0. The standard InChI is InChI=1S/C74H80N18O/c1-46(2)68-60(12-10-28-75-68)72-64-44-86(54-16-13-52(14-17-54)59-11-9-29-76-74(59)93)34-37-89(64)66(81-72)40-51-39-62(69(47(3)4)77-42-51)73-65-45-87(55-18-22-57(23-19-55)91-31-27-49(7)83-91)35-38-90(65)67(82-73)41-53-15-26-61(70(80-53)48(5)6)71-63-43-85(33-36-88(63)50(8)79-71)56-20-24-58(25-21-56)92-32-30-78-84-92/h10,12-28,30-32,39,42,46-48,59H,9,11,29,33-38,40-41,43-45H2,1-8H3,(H,76,93). The fraction of sp³-hybridized carbons (Fsp3) is 0.351. The second-order valence-corrected chi connectivity index (χ2v) is 26.4. The van der Waals surface area contributed by atoms with Crippen molar-refractivity contribution >= 4 is 23.0 Å². The van der Waals surface area contributed by atoms with E-state index in [-0.39, 0.29) is 29.6 Å². The Labute approximate surface area is 543 Å². The predicted octanol–water partition coefficient (Wildman–Crippen LogP) is 12.5. The van der Waals surface area contributed by atoms with E-state index >= 15 is 0 Å². The highest BCUT2D eigenvalue weighted by molar-refractivity contribution is 5.84. The van der Waals surface area contributed by atoms with Crippen LogP contribution in [0.5, 0.6) is 0 Å². The summed E-state index contributed by atoms with van der Waals surface area (Å²) in [6.07, 6.45) is 12.6. The Hall–Kier alpha value is -10.0. The summed E-state index contributed by atoms with van der Waals surface area (Å²) in [6.45, 7) is 25.2. The number of carbonyl (C=O) groups excluding carboxylic acids is 1. The number of rotatable bonds is 16. The summed E-state index contributed by atoms with van der Waals surface area (Å²) in [5.41, 5.74) is 22.3. The summed E-state index contributed by atoms with van der Waals surface area (Å²) >= 11 is 0. The van der Waals surface area contributed by atoms with Crippen LogP contribution in [-0.4, -0.2) is 100 Å². The van der Waals surface area contributed by atoms with Gasteiger partial charge < -0.3 is 33.7 Å². The number of pyridine rings is 3. The van der Waals surface area contributed by atoms with Crippen molar-refractivity contribution in [2.45, 2.75) is 144 Å². The van der Waals surface area contributed by atoms with Crippen LogP contribution in [0.4, 0.5) is 17.1 Å². The zero-order valence-corrected chi connectivity index (χ0v) is 54.5. The first-order valence-corrected chi connectivity index (χ1v) is 33.2. The molecule has 15 rings (SSSR count). The molecule has 1 N–H and O–H groups in total. The van der Waals surface area contributed by atoms with Crippen molar-refractivity contribution in [1.29, 1.82) is 0 Å². The Bertz CT molecular complexity index is 4550. The number of nitrogens with one attached hydrogen (secondary N) is 1. The molecule has 93 heavy (non-hydrogen) atoms. The van der Waals surface area contributed by atoms with Crippen molar-refractivity contribution in [2.75, 3.05) is 40.9 Å². The van der Waals surface area contributed by atoms with Gasteiger partial charge in [-0.25, -0.2) is 24.3 Å². The second-order valence-electron chi connectivity index (χ2n) is 26.4. The van der Waals surface area contributed by atoms with Crippen molar-refractivity contribution < 1.29 is 4.79 Å². The number of imidazole rings is 3. The van der Waals surface area contributed by atoms with Crippen molar-refractivity contribution in [3.05, 3.63) is 214 Å². The molecule has 1 atom stereocenters. The minimum atomic E-state index is -0.104. The van der Waals surface area contributed by atoms with Gasteiger partial charge in [-0.05, 0) is 153 Å². The zero-order chi connectivity index (χ0) is 63.6. The SMILES string of the molecule is Cc1ccn(-c2ccc(N3CCn4c(Cc5ccc(-c6nc(C)n7c6CN(c6ccc(-n8ccnn8)cc6)CC7)c(C(C)C)n5)nc(-c5cc(Cc6nc(-c7cccnc7C(C)C)c7n6CCN(c6ccc(C8CCCNC8=O)cc6)C7)cnc5C(C)C)c4C3)cc2)n1. The van der Waals surface area contributed by atoms with Gasteiger partial charge in [-0.1, -0.05) is 58.9 Å². The largest absolute Gasteiger partial charge is 0.364 e. The number of hydrogen-bond acceptors (Lipinski definition) is 13. The summed E-state index contributed by atoms with van der Waals surface area (Å²) in [5.74, 6) is 3.49. The van der Waals surface area contributed by atoms with Gasteiger partial charge in [-0.15, -0.1) is 5.10 Å². The molecule has 12 heterocycles. The van der Waals surface area contributed by atoms with Gasteiger partial charge in [0.1, 0.15) is 17.5 Å². The molecule has 19 nitrogen and oxygen atoms in total. The Morgan fingerprint density at radius 2 is 1.09 bits per heavy atom. The van der Waals surface area contributed by atoms with Gasteiger partial charge in [0.25, 0.3) is 0 Å². The van der Waals surface area contributed by atoms with Crippen molar-refractivity contribution in [3.8, 4) is 45.1 Å². The molecule has 0 saturated carbocycles. The number of benzene rings is 3. The summed E-state index contributed by atoms with van der Waals surface area (Å²) < 4.78 is 11.0. The quantitative estimate of drug-likeness (QED) is 0.0966. The Kier molecular flexibility index (Phi) is 15.6. The Morgan fingerprint density at radius 1 is 0.527 bits per heavy atom. The number of nitrogens with zero attached hydrogens (tertiary/aromatic N) is 17. The molecule has 1 unspecified atom stereocenters. The first-order valence-electron chi connectivity index (χ1n) is 33.2. The van der Waals surface area contributed by atoms with E-state index in [0.29, 0.717) is 25.9 Å². The normalized spacial score (nSPS) is 15.8. The van der Waals surface area contributed by atoms with E-state index in [0.717, 1.165) is 190 Å². The van der Waals surface area contributed by atoms with Crippen LogP contribution < -0.4 is 20.0 Å². The first-order chi connectivity index (χ1) is 45.3. The minimum Gasteiger partial charge on any atom is -0.364 e. The van der Waals surface area contributed by atoms with Gasteiger partial charge in [0.15, 0.2) is 0 Å². The molecule has 0 bridgehead atoms. The third-order valence-electron chi connectivity index (χ3n) is 19.3. The smallest absolute Gasteiger partial charge is 0.227 e. The lowest BCUT2D eigenvalue weighted by molar-refractivity contribution is -0.123.